The highest BCUT2D eigenvalue weighted by molar-refractivity contribution is 7.92. The van der Waals surface area contributed by atoms with Crippen LogP contribution in [0.2, 0.25) is 0 Å². The summed E-state index contributed by atoms with van der Waals surface area (Å²) in [7, 11) is -2.39. The zero-order valence-corrected chi connectivity index (χ0v) is 20.7. The lowest BCUT2D eigenvalue weighted by atomic mass is 9.92. The Labute approximate surface area is 212 Å². The molecule has 0 unspecified atom stereocenters. The Morgan fingerprint density at radius 1 is 1.03 bits per heavy atom. The number of anilines is 2. The molecular weight excluding hydrogens is 502 g/mol. The molecule has 9 nitrogen and oxygen atoms in total. The summed E-state index contributed by atoms with van der Waals surface area (Å²) in [6.45, 7) is 0. The lowest BCUT2D eigenvalue weighted by Crippen LogP contribution is -2.32. The Bertz CT molecular complexity index is 1530. The Hall–Kier alpha value is -3.93. The maximum atomic E-state index is 13.7. The predicted octanol–water partition coefficient (Wildman–Crippen LogP) is 4.89. The van der Waals surface area contributed by atoms with E-state index in [4.69, 9.17) is 4.74 Å². The van der Waals surface area contributed by atoms with E-state index in [-0.39, 0.29) is 29.6 Å². The van der Waals surface area contributed by atoms with Gasteiger partial charge in [-0.15, -0.1) is 0 Å². The van der Waals surface area contributed by atoms with Crippen molar-refractivity contribution >= 4 is 32.4 Å². The van der Waals surface area contributed by atoms with Gasteiger partial charge in [0.15, 0.2) is 0 Å². The molecule has 4 aromatic rings. The highest BCUT2D eigenvalue weighted by atomic mass is 32.2. The molecule has 12 heteroatoms. The van der Waals surface area contributed by atoms with Crippen LogP contribution in [-0.4, -0.2) is 47.4 Å². The number of aromatic nitrogens is 4. The molecular formula is C25H24F2N6O3S. The Kier molecular flexibility index (Phi) is 6.59. The number of ether oxygens (including phenoxy) is 1. The van der Waals surface area contributed by atoms with Crippen LogP contribution in [0.5, 0.6) is 5.88 Å². The first kappa shape index (κ1) is 24.8. The van der Waals surface area contributed by atoms with Gasteiger partial charge < -0.3 is 10.1 Å². The molecule has 1 aliphatic rings. The fourth-order valence-corrected chi connectivity index (χ4v) is 5.36. The number of hydrogen-bond donors (Lipinski definition) is 2. The highest BCUT2D eigenvalue weighted by Gasteiger charge is 2.35. The molecule has 3 heterocycles. The van der Waals surface area contributed by atoms with Gasteiger partial charge in [-0.2, -0.15) is 4.98 Å². The second-order valence-corrected chi connectivity index (χ2v) is 10.4. The molecule has 0 bridgehead atoms. The molecule has 37 heavy (non-hydrogen) atoms. The summed E-state index contributed by atoms with van der Waals surface area (Å²) >= 11 is 0. The zero-order valence-electron chi connectivity index (χ0n) is 19.9. The minimum absolute atomic E-state index is 0.0603. The van der Waals surface area contributed by atoms with Gasteiger partial charge in [-0.25, -0.2) is 27.2 Å². The Morgan fingerprint density at radius 2 is 1.84 bits per heavy atom. The van der Waals surface area contributed by atoms with E-state index < -0.39 is 15.9 Å². The average molecular weight is 527 g/mol. The summed E-state index contributed by atoms with van der Waals surface area (Å²) in [6.07, 6.45) is 4.54. The third-order valence-corrected chi connectivity index (χ3v) is 7.61. The van der Waals surface area contributed by atoms with Gasteiger partial charge in [0.05, 0.1) is 17.7 Å². The first-order chi connectivity index (χ1) is 17.7. The number of sulfonamides is 1. The third-order valence-electron chi connectivity index (χ3n) is 6.26. The van der Waals surface area contributed by atoms with Crippen molar-refractivity contribution in [3.63, 3.8) is 0 Å². The van der Waals surface area contributed by atoms with Crippen LogP contribution in [0, 0.1) is 0 Å². The van der Waals surface area contributed by atoms with Crippen LogP contribution in [0.1, 0.15) is 25.7 Å². The fraction of sp³-hybridized carbons (Fsp3) is 0.280. The number of methoxy groups -OCH3 is 1. The lowest BCUT2D eigenvalue weighted by Gasteiger charge is -2.29. The summed E-state index contributed by atoms with van der Waals surface area (Å²) < 4.78 is 60.9. The van der Waals surface area contributed by atoms with Crippen molar-refractivity contribution in [2.45, 2.75) is 42.5 Å². The molecule has 0 amide bonds. The molecule has 1 aliphatic carbocycles. The number of halogens is 2. The third kappa shape index (κ3) is 5.43. The summed E-state index contributed by atoms with van der Waals surface area (Å²) in [5.41, 5.74) is 1.22. The summed E-state index contributed by atoms with van der Waals surface area (Å²) in [5, 5.41) is 4.66. The lowest BCUT2D eigenvalue weighted by molar-refractivity contribution is -0.0361. The highest BCUT2D eigenvalue weighted by Crippen LogP contribution is 2.37. The monoisotopic (exact) mass is 526 g/mol. The van der Waals surface area contributed by atoms with Gasteiger partial charge in [-0.3, -0.25) is 9.71 Å². The van der Waals surface area contributed by atoms with Crippen LogP contribution in [0.3, 0.4) is 0 Å². The zero-order chi connectivity index (χ0) is 26.0. The smallest absolute Gasteiger partial charge is 0.263 e. The number of benzene rings is 1. The van der Waals surface area contributed by atoms with Crippen molar-refractivity contribution in [2.24, 2.45) is 0 Å². The number of pyridine rings is 2. The van der Waals surface area contributed by atoms with Crippen LogP contribution in [-0.2, 0) is 10.0 Å². The van der Waals surface area contributed by atoms with Crippen molar-refractivity contribution in [2.75, 3.05) is 17.1 Å². The van der Waals surface area contributed by atoms with Crippen LogP contribution in [0.15, 0.2) is 66.1 Å². The van der Waals surface area contributed by atoms with Crippen molar-refractivity contribution in [3.05, 3.63) is 61.2 Å². The van der Waals surface area contributed by atoms with Crippen molar-refractivity contribution in [1.29, 1.82) is 0 Å². The number of alkyl halides is 2. The van der Waals surface area contributed by atoms with Crippen LogP contribution in [0.25, 0.3) is 22.0 Å². The van der Waals surface area contributed by atoms with Crippen LogP contribution >= 0.6 is 0 Å². The van der Waals surface area contributed by atoms with E-state index in [0.29, 0.717) is 46.6 Å². The van der Waals surface area contributed by atoms with E-state index in [0.717, 1.165) is 0 Å². The molecule has 2 N–H and O–H groups in total. The normalized spacial score (nSPS) is 15.9. The SMILES string of the molecule is COc1ccc(-c2nccc3cc(S(=O)(=O)Nc4ccncn4)ccc23)c(NC2CCC(F)(F)CC2)n1. The molecule has 0 aliphatic heterocycles. The summed E-state index contributed by atoms with van der Waals surface area (Å²) in [4.78, 5) is 16.8. The van der Waals surface area contributed by atoms with Crippen molar-refractivity contribution in [1.82, 2.24) is 19.9 Å². The Balaban J connectivity index is 1.50. The minimum Gasteiger partial charge on any atom is -0.481 e. The molecule has 1 saturated carbocycles. The van der Waals surface area contributed by atoms with E-state index in [1.807, 2.05) is 0 Å². The predicted molar refractivity (Wildman–Crippen MR) is 135 cm³/mol. The average Bonchev–Trinajstić information content (AvgIpc) is 2.89. The van der Waals surface area contributed by atoms with E-state index in [2.05, 4.69) is 30.0 Å². The van der Waals surface area contributed by atoms with E-state index in [1.54, 1.807) is 36.5 Å². The number of rotatable bonds is 7. The van der Waals surface area contributed by atoms with E-state index in [9.17, 15) is 17.2 Å². The van der Waals surface area contributed by atoms with Gasteiger partial charge in [0.25, 0.3) is 10.0 Å². The topological polar surface area (TPSA) is 119 Å². The first-order valence-electron chi connectivity index (χ1n) is 11.6. The van der Waals surface area contributed by atoms with Crippen LogP contribution in [0.4, 0.5) is 20.4 Å². The Morgan fingerprint density at radius 3 is 2.57 bits per heavy atom. The summed E-state index contributed by atoms with van der Waals surface area (Å²) in [6, 6.07) is 11.2. The molecule has 1 fully saturated rings. The second-order valence-electron chi connectivity index (χ2n) is 8.77. The number of hydrogen-bond acceptors (Lipinski definition) is 8. The van der Waals surface area contributed by atoms with E-state index >= 15 is 0 Å². The quantitative estimate of drug-likeness (QED) is 0.350. The van der Waals surface area contributed by atoms with E-state index in [1.165, 1.54) is 31.8 Å². The molecule has 192 valence electrons. The van der Waals surface area contributed by atoms with Gasteiger partial charge in [0.2, 0.25) is 11.8 Å². The fourth-order valence-electron chi connectivity index (χ4n) is 4.32. The van der Waals surface area contributed by atoms with Gasteiger partial charge in [-0.05, 0) is 48.6 Å². The second kappa shape index (κ2) is 9.85. The molecule has 0 radical (unpaired) electrons. The molecule has 0 saturated heterocycles. The molecule has 3 aromatic heterocycles. The van der Waals surface area contributed by atoms with Crippen LogP contribution < -0.4 is 14.8 Å². The standard InChI is InChI=1S/C25H24F2N6O3S/c1-36-22-5-4-20(24(32-22)31-17-6-10-25(26,27)11-7-17)23-19-3-2-18(14-16(19)8-13-29-23)37(34,35)33-21-9-12-28-15-30-21/h2-5,8-9,12-15,17H,6-7,10-11H2,1H3,(H,31,32)(H,28,30,33). The number of nitrogens with zero attached hydrogens (tertiary/aromatic N) is 4. The number of fused-ring (bicyclic) bond motifs is 1. The maximum absolute atomic E-state index is 13.7. The largest absolute Gasteiger partial charge is 0.481 e. The minimum atomic E-state index is -3.89. The number of nitrogens with one attached hydrogen (secondary N) is 2. The van der Waals surface area contributed by atoms with Gasteiger partial charge in [0.1, 0.15) is 18.0 Å². The first-order valence-corrected chi connectivity index (χ1v) is 13.1. The molecule has 5 rings (SSSR count). The van der Waals surface area contributed by atoms with Gasteiger partial charge in [0, 0.05) is 48.3 Å². The molecule has 0 atom stereocenters. The maximum Gasteiger partial charge on any atom is 0.263 e. The molecule has 1 aromatic carbocycles. The van der Waals surface area contributed by atoms with Crippen molar-refractivity contribution in [3.8, 4) is 17.1 Å². The van der Waals surface area contributed by atoms with Gasteiger partial charge >= 0.3 is 0 Å². The summed E-state index contributed by atoms with van der Waals surface area (Å²) in [5.74, 6) is -1.64. The van der Waals surface area contributed by atoms with Crippen molar-refractivity contribution < 1.29 is 21.9 Å². The molecule has 0 spiro atoms. The van der Waals surface area contributed by atoms with Gasteiger partial charge in [-0.1, -0.05) is 6.07 Å².